The predicted octanol–water partition coefficient (Wildman–Crippen LogP) is 6.18. The summed E-state index contributed by atoms with van der Waals surface area (Å²) in [5.41, 5.74) is 0.237. The Kier molecular flexibility index (Phi) is 5.64. The van der Waals surface area contributed by atoms with Gasteiger partial charge in [0.05, 0.1) is 6.10 Å². The van der Waals surface area contributed by atoms with Gasteiger partial charge in [-0.3, -0.25) is 14.8 Å². The Morgan fingerprint density at radius 2 is 1.58 bits per heavy atom. The van der Waals surface area contributed by atoms with Crippen LogP contribution in [-0.4, -0.2) is 40.2 Å². The number of hydroxylamine groups is 2. The van der Waals surface area contributed by atoms with Gasteiger partial charge in [0.1, 0.15) is 0 Å². The topological polar surface area (TPSA) is 77.8 Å². The molecule has 4 saturated carbocycles. The fourth-order valence-electron chi connectivity index (χ4n) is 10.8. The number of fused-ring (bicyclic) bond motifs is 7. The van der Waals surface area contributed by atoms with Crippen LogP contribution in [0.3, 0.4) is 0 Å². The standard InChI is InChI=1S/C31H49NO4/c1-26(2)22-9-12-31(7)24(29(22,5)11-10-23(26)34)21(33)17-19-20-18-28(4,25(35)32(8)36)14-13-27(20,3)15-16-30(19,31)6/h17,20,22-24,34,36H,9-16,18H2,1-8H3/t20-,22?,23-,24+,27+,28-,29-,30+,31+/m0/s1. The minimum absolute atomic E-state index is 0.0335. The lowest BCUT2D eigenvalue weighted by molar-refractivity contribution is -0.203. The second-order valence-electron chi connectivity index (χ2n) is 15.5. The summed E-state index contributed by atoms with van der Waals surface area (Å²) in [5.74, 6) is 0.551. The number of hydrogen-bond donors (Lipinski definition) is 2. The first kappa shape index (κ1) is 26.4. The Balaban J connectivity index is 1.60. The number of carbonyl (C=O) groups is 2. The number of nitrogens with zero attached hydrogens (tertiary/aromatic N) is 1. The molecule has 0 bridgehead atoms. The molecular weight excluding hydrogens is 450 g/mol. The van der Waals surface area contributed by atoms with Gasteiger partial charge in [0, 0.05) is 18.4 Å². The van der Waals surface area contributed by atoms with Crippen LogP contribution in [0.5, 0.6) is 0 Å². The summed E-state index contributed by atoms with van der Waals surface area (Å²) >= 11 is 0. The number of amides is 1. The van der Waals surface area contributed by atoms with Crippen LogP contribution in [0.15, 0.2) is 11.6 Å². The number of carbonyl (C=O) groups excluding carboxylic acids is 2. The van der Waals surface area contributed by atoms with Gasteiger partial charge < -0.3 is 5.11 Å². The van der Waals surface area contributed by atoms with Crippen molar-refractivity contribution in [3.63, 3.8) is 0 Å². The van der Waals surface area contributed by atoms with Crippen LogP contribution >= 0.6 is 0 Å². The van der Waals surface area contributed by atoms with Crippen LogP contribution in [0.1, 0.15) is 106 Å². The average Bonchev–Trinajstić information content (AvgIpc) is 2.78. The summed E-state index contributed by atoms with van der Waals surface area (Å²) in [7, 11) is 1.43. The third kappa shape index (κ3) is 3.14. The minimum Gasteiger partial charge on any atom is -0.393 e. The van der Waals surface area contributed by atoms with Gasteiger partial charge in [0.15, 0.2) is 5.78 Å². The molecule has 0 aliphatic heterocycles. The number of aliphatic hydroxyl groups excluding tert-OH is 1. The molecule has 5 aliphatic carbocycles. The zero-order chi connectivity index (χ0) is 26.7. The zero-order valence-electron chi connectivity index (χ0n) is 23.9. The van der Waals surface area contributed by atoms with Gasteiger partial charge in [-0.1, -0.05) is 54.0 Å². The number of rotatable bonds is 1. The lowest BCUT2D eigenvalue weighted by Gasteiger charge is -2.70. The second kappa shape index (κ2) is 7.68. The summed E-state index contributed by atoms with van der Waals surface area (Å²) in [6, 6.07) is 0. The first-order valence-corrected chi connectivity index (χ1v) is 14.4. The van der Waals surface area contributed by atoms with E-state index in [1.165, 1.54) is 12.6 Å². The maximum atomic E-state index is 14.3. The molecule has 2 N–H and O–H groups in total. The van der Waals surface area contributed by atoms with Gasteiger partial charge in [0.2, 0.25) is 0 Å². The molecule has 5 rings (SSSR count). The molecule has 0 aromatic carbocycles. The number of aliphatic hydroxyl groups is 1. The molecule has 202 valence electrons. The third-order valence-electron chi connectivity index (χ3n) is 13.4. The number of ketones is 1. The summed E-state index contributed by atoms with van der Waals surface area (Å²) in [6.07, 6.45) is 10.1. The van der Waals surface area contributed by atoms with Crippen molar-refractivity contribution in [1.29, 1.82) is 0 Å². The largest absolute Gasteiger partial charge is 0.393 e. The molecule has 0 heterocycles. The molecule has 0 spiro atoms. The fraction of sp³-hybridized carbons (Fsp3) is 0.871. The molecule has 9 atom stereocenters. The lowest BCUT2D eigenvalue weighted by atomic mass is 9.33. The quantitative estimate of drug-likeness (QED) is 0.334. The Bertz CT molecular complexity index is 1020. The summed E-state index contributed by atoms with van der Waals surface area (Å²) in [6.45, 7) is 16.0. The van der Waals surface area contributed by atoms with Crippen LogP contribution < -0.4 is 0 Å². The van der Waals surface area contributed by atoms with E-state index in [4.69, 9.17) is 0 Å². The smallest absolute Gasteiger partial charge is 0.251 e. The molecule has 1 amide bonds. The minimum atomic E-state index is -0.610. The van der Waals surface area contributed by atoms with Crippen molar-refractivity contribution in [1.82, 2.24) is 5.06 Å². The Morgan fingerprint density at radius 3 is 2.22 bits per heavy atom. The molecule has 0 saturated heterocycles. The van der Waals surface area contributed by atoms with Crippen molar-refractivity contribution in [3.8, 4) is 0 Å². The Hall–Kier alpha value is -1.20. The zero-order valence-corrected chi connectivity index (χ0v) is 23.9. The molecule has 5 heteroatoms. The highest BCUT2D eigenvalue weighted by Crippen LogP contribution is 2.75. The molecular formula is C31H49NO4. The number of allylic oxidation sites excluding steroid dienone is 2. The first-order valence-electron chi connectivity index (χ1n) is 14.4. The second-order valence-corrected chi connectivity index (χ2v) is 15.5. The highest BCUT2D eigenvalue weighted by Gasteiger charge is 2.70. The molecule has 4 fully saturated rings. The van der Waals surface area contributed by atoms with E-state index < -0.39 is 5.41 Å². The fourth-order valence-corrected chi connectivity index (χ4v) is 10.8. The maximum absolute atomic E-state index is 14.3. The van der Waals surface area contributed by atoms with Crippen molar-refractivity contribution >= 4 is 11.7 Å². The van der Waals surface area contributed by atoms with Crippen molar-refractivity contribution < 1.29 is 19.9 Å². The highest BCUT2D eigenvalue weighted by atomic mass is 16.5. The van der Waals surface area contributed by atoms with E-state index in [0.717, 1.165) is 56.4 Å². The number of hydrogen-bond acceptors (Lipinski definition) is 4. The van der Waals surface area contributed by atoms with E-state index in [-0.39, 0.29) is 56.7 Å². The van der Waals surface area contributed by atoms with Gasteiger partial charge in [0.25, 0.3) is 5.91 Å². The van der Waals surface area contributed by atoms with E-state index >= 15 is 0 Å². The van der Waals surface area contributed by atoms with E-state index in [2.05, 4.69) is 41.5 Å². The normalized spacial score (nSPS) is 51.7. The van der Waals surface area contributed by atoms with Crippen molar-refractivity contribution in [3.05, 3.63) is 11.6 Å². The molecule has 0 aromatic rings. The van der Waals surface area contributed by atoms with Gasteiger partial charge in [-0.2, -0.15) is 0 Å². The van der Waals surface area contributed by atoms with Crippen LogP contribution in [-0.2, 0) is 9.59 Å². The van der Waals surface area contributed by atoms with Crippen LogP contribution in [0.2, 0.25) is 0 Å². The van der Waals surface area contributed by atoms with Gasteiger partial charge in [-0.15, -0.1) is 0 Å². The van der Waals surface area contributed by atoms with E-state index in [9.17, 15) is 19.9 Å². The molecule has 5 nitrogen and oxygen atoms in total. The predicted molar refractivity (Wildman–Crippen MR) is 140 cm³/mol. The monoisotopic (exact) mass is 499 g/mol. The van der Waals surface area contributed by atoms with Crippen LogP contribution in [0, 0.1) is 50.2 Å². The molecule has 36 heavy (non-hydrogen) atoms. The summed E-state index contributed by atoms with van der Waals surface area (Å²) in [4.78, 5) is 27.4. The Labute approximate surface area is 218 Å². The Morgan fingerprint density at radius 1 is 0.944 bits per heavy atom. The van der Waals surface area contributed by atoms with Crippen LogP contribution in [0.4, 0.5) is 0 Å². The van der Waals surface area contributed by atoms with Crippen LogP contribution in [0.25, 0.3) is 0 Å². The molecule has 1 unspecified atom stereocenters. The van der Waals surface area contributed by atoms with E-state index in [1.54, 1.807) is 0 Å². The summed E-state index contributed by atoms with van der Waals surface area (Å²) < 4.78 is 0. The molecule has 0 radical (unpaired) electrons. The summed E-state index contributed by atoms with van der Waals surface area (Å²) in [5, 5.41) is 21.7. The maximum Gasteiger partial charge on any atom is 0.251 e. The van der Waals surface area contributed by atoms with E-state index in [1.807, 2.05) is 13.0 Å². The van der Waals surface area contributed by atoms with Crippen molar-refractivity contribution in [2.45, 2.75) is 112 Å². The third-order valence-corrected chi connectivity index (χ3v) is 13.4. The van der Waals surface area contributed by atoms with Crippen molar-refractivity contribution in [2.75, 3.05) is 7.05 Å². The van der Waals surface area contributed by atoms with Gasteiger partial charge >= 0.3 is 0 Å². The average molecular weight is 500 g/mol. The van der Waals surface area contributed by atoms with E-state index in [0.29, 0.717) is 12.3 Å². The van der Waals surface area contributed by atoms with Crippen molar-refractivity contribution in [2.24, 2.45) is 50.2 Å². The molecule has 0 aromatic heterocycles. The SMILES string of the molecule is CN(O)C(=O)[C@@]1(C)CC[C@]2(C)CC[C@]3(C)C(=CC(=O)[C@@H]4[C@@]5(C)CC[C@H](O)C(C)(C)C5CC[C@]43C)[C@@H]2C1. The lowest BCUT2D eigenvalue weighted by Crippen LogP contribution is -2.66. The molecule has 5 aliphatic rings. The van der Waals surface area contributed by atoms with Gasteiger partial charge in [-0.25, -0.2) is 5.06 Å². The highest BCUT2D eigenvalue weighted by molar-refractivity contribution is 5.95. The van der Waals surface area contributed by atoms with Gasteiger partial charge in [-0.05, 0) is 103 Å². The first-order chi connectivity index (χ1) is 16.5.